The van der Waals surface area contributed by atoms with Crippen LogP contribution in [0.15, 0.2) is 52.3 Å². The van der Waals surface area contributed by atoms with Crippen LogP contribution >= 0.6 is 12.4 Å². The molecule has 1 aromatic heterocycles. The minimum Gasteiger partial charge on any atom is -0.399 e. The van der Waals surface area contributed by atoms with E-state index >= 15 is 0 Å². The quantitative estimate of drug-likeness (QED) is 0.643. The maximum Gasteiger partial charge on any atom is 0.206 e. The smallest absolute Gasteiger partial charge is 0.206 e. The van der Waals surface area contributed by atoms with Crippen LogP contribution in [0.25, 0.3) is 10.9 Å². The van der Waals surface area contributed by atoms with Crippen LogP contribution in [-0.4, -0.2) is 19.0 Å². The number of hydrogen-bond acceptors (Lipinski definition) is 4. The summed E-state index contributed by atoms with van der Waals surface area (Å²) in [5.74, 6) is 0. The largest absolute Gasteiger partial charge is 0.399 e. The van der Waals surface area contributed by atoms with Gasteiger partial charge in [-0.05, 0) is 54.8 Å². The van der Waals surface area contributed by atoms with E-state index in [-0.39, 0.29) is 17.3 Å². The van der Waals surface area contributed by atoms with E-state index in [4.69, 9.17) is 5.73 Å². The minimum atomic E-state index is -3.59. The summed E-state index contributed by atoms with van der Waals surface area (Å²) in [7, 11) is -1.51. The van der Waals surface area contributed by atoms with Gasteiger partial charge >= 0.3 is 0 Å². The summed E-state index contributed by atoms with van der Waals surface area (Å²) in [4.78, 5) is 0.560. The monoisotopic (exact) mass is 403 g/mol. The summed E-state index contributed by atoms with van der Waals surface area (Å²) >= 11 is 0. The fourth-order valence-electron chi connectivity index (χ4n) is 4.57. The molecular weight excluding hydrogens is 382 g/mol. The first-order valence-electron chi connectivity index (χ1n) is 8.93. The van der Waals surface area contributed by atoms with Crippen LogP contribution in [0.3, 0.4) is 0 Å². The Balaban J connectivity index is 0.00000180. The highest BCUT2D eigenvalue weighted by atomic mass is 35.5. The molecule has 5 nitrogen and oxygen atoms in total. The van der Waals surface area contributed by atoms with Crippen molar-refractivity contribution in [1.82, 2.24) is 9.88 Å². The van der Waals surface area contributed by atoms with E-state index in [1.807, 2.05) is 12.1 Å². The first-order valence-corrected chi connectivity index (χ1v) is 10.4. The zero-order valence-corrected chi connectivity index (χ0v) is 16.6. The van der Waals surface area contributed by atoms with Crippen molar-refractivity contribution >= 4 is 38.8 Å². The van der Waals surface area contributed by atoms with E-state index in [0.717, 1.165) is 23.7 Å². The van der Waals surface area contributed by atoms with Crippen LogP contribution in [0.1, 0.15) is 30.1 Å². The van der Waals surface area contributed by atoms with Gasteiger partial charge in [-0.25, -0.2) is 8.42 Å². The lowest BCUT2D eigenvalue weighted by atomic mass is 9.99. The molecule has 0 aliphatic carbocycles. The van der Waals surface area contributed by atoms with Gasteiger partial charge in [0.25, 0.3) is 0 Å². The second-order valence-electron chi connectivity index (χ2n) is 7.37. The Morgan fingerprint density at radius 2 is 1.89 bits per heavy atom. The number of nitrogens with zero attached hydrogens (tertiary/aromatic N) is 1. The first-order chi connectivity index (χ1) is 12.4. The highest BCUT2D eigenvalue weighted by Gasteiger charge is 2.36. The number of fused-ring (bicyclic) bond motifs is 6. The summed E-state index contributed by atoms with van der Waals surface area (Å²) in [6, 6.07) is 12.8. The zero-order chi connectivity index (χ0) is 18.1. The van der Waals surface area contributed by atoms with Crippen LogP contribution in [0, 0.1) is 0 Å². The normalized spacial score (nSPS) is 21.1. The topological polar surface area (TPSA) is 77.1 Å². The van der Waals surface area contributed by atoms with Crippen molar-refractivity contribution in [3.8, 4) is 0 Å². The molecular formula is C20H22ClN3O2S. The third kappa shape index (κ3) is 2.66. The Morgan fingerprint density at radius 3 is 2.67 bits per heavy atom. The number of rotatable bonds is 2. The lowest BCUT2D eigenvalue weighted by Gasteiger charge is -2.23. The fraction of sp³-hybridized carbons (Fsp3) is 0.300. The van der Waals surface area contributed by atoms with Crippen molar-refractivity contribution in [1.29, 1.82) is 0 Å². The molecule has 5 rings (SSSR count). The van der Waals surface area contributed by atoms with Crippen LogP contribution in [-0.2, 0) is 23.3 Å². The van der Waals surface area contributed by atoms with Crippen molar-refractivity contribution in [3.05, 3.63) is 53.7 Å². The predicted octanol–water partition coefficient (Wildman–Crippen LogP) is 3.36. The molecule has 27 heavy (non-hydrogen) atoms. The summed E-state index contributed by atoms with van der Waals surface area (Å²) in [5, 5.41) is 4.72. The van der Waals surface area contributed by atoms with Crippen LogP contribution < -0.4 is 11.1 Å². The molecule has 2 bridgehead atoms. The first kappa shape index (κ1) is 18.3. The third-order valence-corrected chi connectivity index (χ3v) is 7.59. The van der Waals surface area contributed by atoms with Gasteiger partial charge in [0.1, 0.15) is 0 Å². The summed E-state index contributed by atoms with van der Waals surface area (Å²) < 4.78 is 28.4. The van der Waals surface area contributed by atoms with Gasteiger partial charge in [-0.1, -0.05) is 6.07 Å². The zero-order valence-electron chi connectivity index (χ0n) is 15.0. The molecule has 0 saturated carbocycles. The van der Waals surface area contributed by atoms with Crippen molar-refractivity contribution in [2.75, 3.05) is 5.73 Å². The second-order valence-corrected chi connectivity index (χ2v) is 9.32. The number of nitrogen functional groups attached to an aromatic ring is 1. The number of nitrogens with one attached hydrogen (secondary N) is 1. The molecule has 2 aliphatic rings. The van der Waals surface area contributed by atoms with Gasteiger partial charge in [0.15, 0.2) is 0 Å². The van der Waals surface area contributed by atoms with E-state index in [0.29, 0.717) is 22.7 Å². The van der Waals surface area contributed by atoms with Crippen LogP contribution in [0.5, 0.6) is 0 Å². The van der Waals surface area contributed by atoms with Gasteiger partial charge in [-0.2, -0.15) is 0 Å². The van der Waals surface area contributed by atoms with E-state index in [9.17, 15) is 8.42 Å². The standard InChI is InChI=1S/C20H21N3O2S.ClH/c1-23-18-8-6-15(26(24,25)14-4-2-3-12(21)9-14)11-16(18)20-17-7-5-13(22-17)10-19(20)23;/h2-4,6,8-9,11,13,17,22H,5,7,10,21H2,1H3;1H. The highest BCUT2D eigenvalue weighted by Crippen LogP contribution is 2.42. The molecule has 0 radical (unpaired) electrons. The molecule has 2 unspecified atom stereocenters. The molecule has 1 saturated heterocycles. The Hall–Kier alpha value is -2.02. The van der Waals surface area contributed by atoms with Crippen molar-refractivity contribution in [3.63, 3.8) is 0 Å². The third-order valence-electron chi connectivity index (χ3n) is 5.84. The molecule has 142 valence electrons. The maximum atomic E-state index is 13.1. The number of aromatic nitrogens is 1. The molecule has 2 atom stereocenters. The van der Waals surface area contributed by atoms with Gasteiger partial charge in [0.05, 0.1) is 9.79 Å². The predicted molar refractivity (Wildman–Crippen MR) is 109 cm³/mol. The Morgan fingerprint density at radius 1 is 1.11 bits per heavy atom. The van der Waals surface area contributed by atoms with Crippen molar-refractivity contribution < 1.29 is 8.42 Å². The fourth-order valence-corrected chi connectivity index (χ4v) is 5.91. The molecule has 1 fully saturated rings. The molecule has 3 heterocycles. The van der Waals surface area contributed by atoms with Gasteiger partial charge < -0.3 is 15.6 Å². The number of sulfone groups is 1. The summed E-state index contributed by atoms with van der Waals surface area (Å²) in [6.07, 6.45) is 3.30. The van der Waals surface area contributed by atoms with Gasteiger partial charge in [0.2, 0.25) is 9.84 Å². The molecule has 3 aromatic rings. The number of benzene rings is 2. The summed E-state index contributed by atoms with van der Waals surface area (Å²) in [6.45, 7) is 0. The van der Waals surface area contributed by atoms with Gasteiger partial charge in [-0.15, -0.1) is 12.4 Å². The molecule has 2 aromatic carbocycles. The average Bonchev–Trinajstić information content (AvgIpc) is 3.14. The SMILES string of the molecule is Cl.Cn1c2c(c3cc(S(=O)(=O)c4cccc(N)c4)ccc31)C1CCC(C2)N1. The number of hydrogen-bond donors (Lipinski definition) is 2. The minimum absolute atomic E-state index is 0. The Labute approximate surface area is 164 Å². The lowest BCUT2D eigenvalue weighted by Crippen LogP contribution is -2.32. The molecule has 2 aliphatic heterocycles. The Bertz CT molecular complexity index is 1150. The second kappa shape index (κ2) is 6.26. The van der Waals surface area contributed by atoms with Crippen LogP contribution in [0.4, 0.5) is 5.69 Å². The van der Waals surface area contributed by atoms with Crippen molar-refractivity contribution in [2.24, 2.45) is 7.05 Å². The van der Waals surface area contributed by atoms with Crippen LogP contribution in [0.2, 0.25) is 0 Å². The summed E-state index contributed by atoms with van der Waals surface area (Å²) in [5.41, 5.74) is 9.94. The maximum absolute atomic E-state index is 13.1. The molecule has 3 N–H and O–H groups in total. The lowest BCUT2D eigenvalue weighted by molar-refractivity contribution is 0.503. The van der Waals surface area contributed by atoms with Gasteiger partial charge in [-0.3, -0.25) is 0 Å². The number of aryl methyl sites for hydroxylation is 1. The number of nitrogens with two attached hydrogens (primary N) is 1. The van der Waals surface area contributed by atoms with E-state index in [1.165, 1.54) is 23.7 Å². The Kier molecular flexibility index (Phi) is 4.25. The number of anilines is 1. The van der Waals surface area contributed by atoms with E-state index in [2.05, 4.69) is 16.9 Å². The molecule has 0 amide bonds. The molecule has 7 heteroatoms. The van der Waals surface area contributed by atoms with E-state index in [1.54, 1.807) is 24.3 Å². The van der Waals surface area contributed by atoms with Gasteiger partial charge in [0, 0.05) is 47.8 Å². The molecule has 0 spiro atoms. The average molecular weight is 404 g/mol. The highest BCUT2D eigenvalue weighted by molar-refractivity contribution is 7.91. The number of halogens is 1. The van der Waals surface area contributed by atoms with Crippen molar-refractivity contribution in [2.45, 2.75) is 41.1 Å². The van der Waals surface area contributed by atoms with E-state index < -0.39 is 9.84 Å².